The van der Waals surface area contributed by atoms with Gasteiger partial charge in [-0.05, 0) is 11.1 Å². The van der Waals surface area contributed by atoms with Gasteiger partial charge in [0.1, 0.15) is 6.04 Å². The maximum absolute atomic E-state index is 12.3. The van der Waals surface area contributed by atoms with Gasteiger partial charge in [-0.25, -0.2) is 4.79 Å². The summed E-state index contributed by atoms with van der Waals surface area (Å²) in [6, 6.07) is 19.3. The molecule has 0 saturated heterocycles. The summed E-state index contributed by atoms with van der Waals surface area (Å²) in [5, 5.41) is 0. The molecule has 0 heterocycles. The maximum Gasteiger partial charge on any atom is 0.327 e. The van der Waals surface area contributed by atoms with E-state index in [2.05, 4.69) is 23.6 Å². The van der Waals surface area contributed by atoms with Crippen LogP contribution in [0.3, 0.4) is 0 Å². The van der Waals surface area contributed by atoms with Gasteiger partial charge in [0.2, 0.25) is 0 Å². The van der Waals surface area contributed by atoms with E-state index < -0.39 is 6.04 Å². The van der Waals surface area contributed by atoms with Crippen LogP contribution in [0.25, 0.3) is 0 Å². The molecule has 1 atom stereocenters. The van der Waals surface area contributed by atoms with E-state index in [0.717, 1.165) is 11.1 Å². The molecule has 0 radical (unpaired) electrons. The Labute approximate surface area is 131 Å². The zero-order chi connectivity index (χ0) is 15.8. The molecule has 0 N–H and O–H groups in total. The zero-order valence-corrected chi connectivity index (χ0v) is 12.8. The highest BCUT2D eigenvalue weighted by Gasteiger charge is 2.27. The molecule has 3 heteroatoms. The Morgan fingerprint density at radius 2 is 1.73 bits per heavy atom. The van der Waals surface area contributed by atoms with E-state index in [-0.39, 0.29) is 5.97 Å². The third-order valence-electron chi connectivity index (χ3n) is 3.50. The van der Waals surface area contributed by atoms with Crippen LogP contribution in [0.15, 0.2) is 73.3 Å². The molecule has 114 valence electrons. The quantitative estimate of drug-likeness (QED) is 0.577. The average Bonchev–Trinajstić information content (AvgIpc) is 2.57. The van der Waals surface area contributed by atoms with Crippen LogP contribution in [0.5, 0.6) is 0 Å². The summed E-state index contributed by atoms with van der Waals surface area (Å²) >= 11 is 0. The molecule has 0 aromatic heterocycles. The molecule has 0 aliphatic rings. The minimum Gasteiger partial charge on any atom is -0.468 e. The first-order valence-electron chi connectivity index (χ1n) is 7.28. The van der Waals surface area contributed by atoms with E-state index in [4.69, 9.17) is 4.74 Å². The fraction of sp³-hybridized carbons (Fsp3) is 0.211. The second kappa shape index (κ2) is 8.15. The van der Waals surface area contributed by atoms with Crippen molar-refractivity contribution in [2.24, 2.45) is 0 Å². The number of rotatable bonds is 7. The molecule has 0 unspecified atom stereocenters. The van der Waals surface area contributed by atoms with Crippen molar-refractivity contribution in [3.05, 3.63) is 84.4 Å². The van der Waals surface area contributed by atoms with Crippen molar-refractivity contribution >= 4 is 5.97 Å². The molecule has 0 aliphatic carbocycles. The van der Waals surface area contributed by atoms with Gasteiger partial charge < -0.3 is 4.74 Å². The number of methoxy groups -OCH3 is 1. The molecular formula is C19H21NO2. The third kappa shape index (κ3) is 4.06. The molecular weight excluding hydrogens is 274 g/mol. The number of carbonyl (C=O) groups excluding carboxylic acids is 1. The highest BCUT2D eigenvalue weighted by atomic mass is 16.5. The predicted octanol–water partition coefficient (Wildman–Crippen LogP) is 3.59. The number of esters is 1. The summed E-state index contributed by atoms with van der Waals surface area (Å²) in [4.78, 5) is 14.4. The van der Waals surface area contributed by atoms with Gasteiger partial charge >= 0.3 is 5.97 Å². The van der Waals surface area contributed by atoms with Crippen LogP contribution in [0.4, 0.5) is 0 Å². The second-order valence-electron chi connectivity index (χ2n) is 5.04. The SMILES string of the molecule is C=CCN(Cc1ccccc1)[C@H](C(=O)OC)c1ccccc1. The summed E-state index contributed by atoms with van der Waals surface area (Å²) in [5.41, 5.74) is 2.07. The minimum atomic E-state index is -0.440. The van der Waals surface area contributed by atoms with E-state index in [9.17, 15) is 4.79 Å². The Hall–Kier alpha value is -2.39. The fourth-order valence-corrected chi connectivity index (χ4v) is 2.49. The van der Waals surface area contributed by atoms with Crippen molar-refractivity contribution in [2.75, 3.05) is 13.7 Å². The van der Waals surface area contributed by atoms with Crippen LogP contribution in [0, 0.1) is 0 Å². The summed E-state index contributed by atoms with van der Waals surface area (Å²) in [6.07, 6.45) is 1.81. The lowest BCUT2D eigenvalue weighted by Crippen LogP contribution is -2.34. The number of ether oxygens (including phenoxy) is 1. The van der Waals surface area contributed by atoms with Gasteiger partial charge in [-0.1, -0.05) is 66.7 Å². The first kappa shape index (κ1) is 16.0. The van der Waals surface area contributed by atoms with Gasteiger partial charge in [-0.15, -0.1) is 6.58 Å². The van der Waals surface area contributed by atoms with Crippen molar-refractivity contribution < 1.29 is 9.53 Å². The van der Waals surface area contributed by atoms with E-state index >= 15 is 0 Å². The Bertz CT molecular complexity index is 595. The monoisotopic (exact) mass is 295 g/mol. The number of hydrogen-bond acceptors (Lipinski definition) is 3. The molecule has 0 aliphatic heterocycles. The molecule has 0 fully saturated rings. The Balaban J connectivity index is 2.32. The van der Waals surface area contributed by atoms with E-state index in [1.54, 1.807) is 0 Å². The fourth-order valence-electron chi connectivity index (χ4n) is 2.49. The Kier molecular flexibility index (Phi) is 5.92. The molecule has 0 bridgehead atoms. The lowest BCUT2D eigenvalue weighted by molar-refractivity contribution is -0.147. The summed E-state index contributed by atoms with van der Waals surface area (Å²) in [6.45, 7) is 5.06. The predicted molar refractivity (Wildman–Crippen MR) is 88.2 cm³/mol. The first-order valence-corrected chi connectivity index (χ1v) is 7.28. The number of carbonyl (C=O) groups is 1. The molecule has 2 aromatic rings. The largest absolute Gasteiger partial charge is 0.468 e. The van der Waals surface area contributed by atoms with Crippen molar-refractivity contribution in [3.63, 3.8) is 0 Å². The minimum absolute atomic E-state index is 0.260. The van der Waals surface area contributed by atoms with Crippen molar-refractivity contribution in [3.8, 4) is 0 Å². The van der Waals surface area contributed by atoms with Gasteiger partial charge in [-0.2, -0.15) is 0 Å². The molecule has 0 spiro atoms. The molecule has 0 saturated carbocycles. The van der Waals surface area contributed by atoms with Gasteiger partial charge in [0.05, 0.1) is 7.11 Å². The normalized spacial score (nSPS) is 11.9. The highest BCUT2D eigenvalue weighted by Crippen LogP contribution is 2.24. The first-order chi connectivity index (χ1) is 10.8. The van der Waals surface area contributed by atoms with E-state index in [0.29, 0.717) is 13.1 Å². The Morgan fingerprint density at radius 3 is 2.27 bits per heavy atom. The number of hydrogen-bond donors (Lipinski definition) is 0. The van der Waals surface area contributed by atoms with Crippen molar-refractivity contribution in [2.45, 2.75) is 12.6 Å². The lowest BCUT2D eigenvalue weighted by Gasteiger charge is -2.29. The van der Waals surface area contributed by atoms with Gasteiger partial charge in [0.25, 0.3) is 0 Å². The zero-order valence-electron chi connectivity index (χ0n) is 12.8. The van der Waals surface area contributed by atoms with Crippen LogP contribution in [-0.4, -0.2) is 24.5 Å². The standard InChI is InChI=1S/C19H21NO2/c1-3-14-20(15-16-10-6-4-7-11-16)18(19(21)22-2)17-12-8-5-9-13-17/h3-13,18H,1,14-15H2,2H3/t18-/m0/s1. The van der Waals surface area contributed by atoms with Crippen LogP contribution < -0.4 is 0 Å². The van der Waals surface area contributed by atoms with Crippen LogP contribution >= 0.6 is 0 Å². The summed E-state index contributed by atoms with van der Waals surface area (Å²) in [7, 11) is 1.42. The molecule has 2 rings (SSSR count). The number of nitrogens with zero attached hydrogens (tertiary/aromatic N) is 1. The lowest BCUT2D eigenvalue weighted by atomic mass is 10.0. The van der Waals surface area contributed by atoms with Crippen LogP contribution in [0.2, 0.25) is 0 Å². The van der Waals surface area contributed by atoms with E-state index in [1.807, 2.05) is 54.6 Å². The average molecular weight is 295 g/mol. The number of benzene rings is 2. The molecule has 22 heavy (non-hydrogen) atoms. The van der Waals surface area contributed by atoms with Gasteiger partial charge in [0, 0.05) is 13.1 Å². The molecule has 3 nitrogen and oxygen atoms in total. The summed E-state index contributed by atoms with van der Waals surface area (Å²) < 4.78 is 5.02. The van der Waals surface area contributed by atoms with Crippen LogP contribution in [-0.2, 0) is 16.1 Å². The van der Waals surface area contributed by atoms with Crippen molar-refractivity contribution in [1.29, 1.82) is 0 Å². The van der Waals surface area contributed by atoms with Crippen molar-refractivity contribution in [1.82, 2.24) is 4.90 Å². The third-order valence-corrected chi connectivity index (χ3v) is 3.50. The Morgan fingerprint density at radius 1 is 1.14 bits per heavy atom. The second-order valence-corrected chi connectivity index (χ2v) is 5.04. The van der Waals surface area contributed by atoms with E-state index in [1.165, 1.54) is 7.11 Å². The summed E-state index contributed by atoms with van der Waals surface area (Å²) in [5.74, 6) is -0.260. The highest BCUT2D eigenvalue weighted by molar-refractivity contribution is 5.77. The molecule has 2 aromatic carbocycles. The maximum atomic E-state index is 12.3. The van der Waals surface area contributed by atoms with Gasteiger partial charge in [0.15, 0.2) is 0 Å². The van der Waals surface area contributed by atoms with Crippen LogP contribution in [0.1, 0.15) is 17.2 Å². The molecule has 0 amide bonds. The van der Waals surface area contributed by atoms with Gasteiger partial charge in [-0.3, -0.25) is 4.90 Å². The smallest absolute Gasteiger partial charge is 0.327 e. The topological polar surface area (TPSA) is 29.5 Å².